The largest absolute Gasteiger partial charge is 0.325 e. The molecule has 0 atom stereocenters. The summed E-state index contributed by atoms with van der Waals surface area (Å²) in [6.07, 6.45) is 0. The maximum Gasteiger partial charge on any atom is 0.210 e. The number of nitrogens with zero attached hydrogens (tertiary/aromatic N) is 2. The quantitative estimate of drug-likeness (QED) is 0.341. The number of hydrogen-bond acceptors (Lipinski definition) is 4. The lowest BCUT2D eigenvalue weighted by Gasteiger charge is -2.08. The van der Waals surface area contributed by atoms with Crippen LogP contribution in [-0.4, -0.2) is 10.9 Å². The summed E-state index contributed by atoms with van der Waals surface area (Å²) >= 11 is 1.62. The molecule has 1 heterocycles. The average molecular weight is 261 g/mol. The highest BCUT2D eigenvalue weighted by Gasteiger charge is 2.00. The van der Waals surface area contributed by atoms with E-state index in [0.717, 1.165) is 16.4 Å². The SMILES string of the molecule is Cc1nc(CN=C(NN)Nc2ccccc2)cs1. The normalized spacial score (nSPS) is 11.3. The summed E-state index contributed by atoms with van der Waals surface area (Å²) in [6.45, 7) is 2.48. The number of aliphatic imine (C=N–C) groups is 1. The number of nitrogens with one attached hydrogen (secondary N) is 2. The van der Waals surface area contributed by atoms with Crippen molar-refractivity contribution >= 4 is 23.0 Å². The maximum atomic E-state index is 5.43. The molecule has 0 bridgehead atoms. The van der Waals surface area contributed by atoms with Gasteiger partial charge in [0.25, 0.3) is 0 Å². The second-order valence-corrected chi connectivity index (χ2v) is 4.72. The van der Waals surface area contributed by atoms with Crippen LogP contribution >= 0.6 is 11.3 Å². The van der Waals surface area contributed by atoms with Crippen LogP contribution in [0, 0.1) is 6.92 Å². The molecule has 2 aromatic rings. The average Bonchev–Trinajstić information content (AvgIpc) is 2.81. The Morgan fingerprint density at radius 3 is 2.78 bits per heavy atom. The Morgan fingerprint density at radius 1 is 1.39 bits per heavy atom. The molecule has 0 unspecified atom stereocenters. The molecule has 5 nitrogen and oxygen atoms in total. The summed E-state index contributed by atoms with van der Waals surface area (Å²) in [4.78, 5) is 8.67. The molecule has 0 fully saturated rings. The van der Waals surface area contributed by atoms with E-state index in [-0.39, 0.29) is 0 Å². The van der Waals surface area contributed by atoms with Crippen molar-refractivity contribution in [2.24, 2.45) is 10.8 Å². The van der Waals surface area contributed by atoms with Gasteiger partial charge in [0.1, 0.15) is 0 Å². The van der Waals surface area contributed by atoms with Crippen LogP contribution < -0.4 is 16.6 Å². The first-order valence-electron chi connectivity index (χ1n) is 5.52. The minimum absolute atomic E-state index is 0.504. The molecule has 0 saturated carbocycles. The molecular weight excluding hydrogens is 246 g/mol. The van der Waals surface area contributed by atoms with Crippen molar-refractivity contribution in [3.05, 3.63) is 46.4 Å². The summed E-state index contributed by atoms with van der Waals surface area (Å²) in [5.41, 5.74) is 4.42. The lowest BCUT2D eigenvalue weighted by atomic mass is 10.3. The number of anilines is 1. The standard InChI is InChI=1S/C12H15N5S/c1-9-15-11(8-18-9)7-14-12(17-13)16-10-5-3-2-4-6-10/h2-6,8H,7,13H2,1H3,(H2,14,16,17). The fraction of sp³-hybridized carbons (Fsp3) is 0.167. The van der Waals surface area contributed by atoms with E-state index in [9.17, 15) is 0 Å². The molecule has 0 aliphatic rings. The Balaban J connectivity index is 2.00. The second kappa shape index (κ2) is 6.13. The number of nitrogens with two attached hydrogens (primary N) is 1. The van der Waals surface area contributed by atoms with Gasteiger partial charge in [-0.2, -0.15) is 0 Å². The van der Waals surface area contributed by atoms with E-state index in [0.29, 0.717) is 12.5 Å². The van der Waals surface area contributed by atoms with Gasteiger partial charge in [0.15, 0.2) is 0 Å². The van der Waals surface area contributed by atoms with Crippen LogP contribution in [0.3, 0.4) is 0 Å². The van der Waals surface area contributed by atoms with E-state index in [4.69, 9.17) is 5.84 Å². The Labute approximate surface area is 110 Å². The van der Waals surface area contributed by atoms with E-state index in [1.807, 2.05) is 42.6 Å². The molecule has 4 N–H and O–H groups in total. The van der Waals surface area contributed by atoms with Crippen LogP contribution in [0.2, 0.25) is 0 Å². The number of thiazole rings is 1. The molecule has 94 valence electrons. The molecule has 0 saturated heterocycles. The molecule has 6 heteroatoms. The first-order valence-corrected chi connectivity index (χ1v) is 6.40. The van der Waals surface area contributed by atoms with Gasteiger partial charge in [0.2, 0.25) is 5.96 Å². The molecule has 2 rings (SSSR count). The van der Waals surface area contributed by atoms with Crippen LogP contribution in [0.4, 0.5) is 5.69 Å². The van der Waals surface area contributed by atoms with Crippen molar-refractivity contribution in [2.75, 3.05) is 5.32 Å². The topological polar surface area (TPSA) is 75.3 Å². The number of guanidine groups is 1. The van der Waals surface area contributed by atoms with Crippen molar-refractivity contribution in [2.45, 2.75) is 13.5 Å². The zero-order valence-electron chi connectivity index (χ0n) is 10.1. The number of rotatable bonds is 3. The van der Waals surface area contributed by atoms with E-state index >= 15 is 0 Å². The molecule has 0 radical (unpaired) electrons. The van der Waals surface area contributed by atoms with Gasteiger partial charge in [0.05, 0.1) is 17.2 Å². The first-order chi connectivity index (χ1) is 8.78. The van der Waals surface area contributed by atoms with Crippen molar-refractivity contribution in [3.63, 3.8) is 0 Å². The van der Waals surface area contributed by atoms with Crippen molar-refractivity contribution in [1.82, 2.24) is 10.4 Å². The summed E-state index contributed by atoms with van der Waals surface area (Å²) < 4.78 is 0. The number of aryl methyl sites for hydroxylation is 1. The third-order valence-corrected chi connectivity index (χ3v) is 3.06. The minimum atomic E-state index is 0.504. The predicted molar refractivity (Wildman–Crippen MR) is 75.4 cm³/mol. The Kier molecular flexibility index (Phi) is 4.27. The third-order valence-electron chi connectivity index (χ3n) is 2.24. The van der Waals surface area contributed by atoms with Gasteiger partial charge in [-0.25, -0.2) is 15.8 Å². The summed E-state index contributed by atoms with van der Waals surface area (Å²) in [5.74, 6) is 5.95. The molecule has 0 aliphatic heterocycles. The predicted octanol–water partition coefficient (Wildman–Crippen LogP) is 1.88. The lowest BCUT2D eigenvalue weighted by Crippen LogP contribution is -2.36. The Hall–Kier alpha value is -1.92. The highest BCUT2D eigenvalue weighted by atomic mass is 32.1. The van der Waals surface area contributed by atoms with Crippen LogP contribution in [0.1, 0.15) is 10.7 Å². The van der Waals surface area contributed by atoms with E-state index < -0.39 is 0 Å². The van der Waals surface area contributed by atoms with Crippen LogP contribution in [0.15, 0.2) is 40.7 Å². The first kappa shape index (κ1) is 12.5. The summed E-state index contributed by atoms with van der Waals surface area (Å²) in [7, 11) is 0. The maximum absolute atomic E-state index is 5.43. The molecular formula is C12H15N5S. The number of para-hydroxylation sites is 1. The molecule has 0 aliphatic carbocycles. The zero-order valence-corrected chi connectivity index (χ0v) is 10.9. The van der Waals surface area contributed by atoms with Gasteiger partial charge in [0, 0.05) is 11.1 Å². The number of hydrazine groups is 1. The van der Waals surface area contributed by atoms with Gasteiger partial charge in [-0.1, -0.05) is 18.2 Å². The van der Waals surface area contributed by atoms with Gasteiger partial charge >= 0.3 is 0 Å². The van der Waals surface area contributed by atoms with Gasteiger partial charge in [-0.05, 0) is 19.1 Å². The van der Waals surface area contributed by atoms with E-state index in [2.05, 4.69) is 20.7 Å². The van der Waals surface area contributed by atoms with Gasteiger partial charge < -0.3 is 5.32 Å². The third kappa shape index (κ3) is 3.54. The number of aromatic nitrogens is 1. The van der Waals surface area contributed by atoms with Gasteiger partial charge in [-0.3, -0.25) is 5.43 Å². The fourth-order valence-corrected chi connectivity index (χ4v) is 2.02. The van der Waals surface area contributed by atoms with E-state index in [1.54, 1.807) is 11.3 Å². The molecule has 1 aromatic heterocycles. The fourth-order valence-electron chi connectivity index (χ4n) is 1.42. The molecule has 0 amide bonds. The van der Waals surface area contributed by atoms with Crippen LogP contribution in [0.25, 0.3) is 0 Å². The number of hydrogen-bond donors (Lipinski definition) is 3. The monoisotopic (exact) mass is 261 g/mol. The second-order valence-electron chi connectivity index (χ2n) is 3.66. The lowest BCUT2D eigenvalue weighted by molar-refractivity contribution is 0.944. The van der Waals surface area contributed by atoms with Crippen LogP contribution in [0.5, 0.6) is 0 Å². The summed E-state index contributed by atoms with van der Waals surface area (Å²) in [6, 6.07) is 9.73. The summed E-state index contributed by atoms with van der Waals surface area (Å²) in [5, 5.41) is 6.13. The van der Waals surface area contributed by atoms with Crippen molar-refractivity contribution in [3.8, 4) is 0 Å². The van der Waals surface area contributed by atoms with Crippen molar-refractivity contribution < 1.29 is 0 Å². The molecule has 1 aromatic carbocycles. The molecule has 0 spiro atoms. The van der Waals surface area contributed by atoms with Crippen molar-refractivity contribution in [1.29, 1.82) is 0 Å². The highest BCUT2D eigenvalue weighted by molar-refractivity contribution is 7.09. The Morgan fingerprint density at radius 2 is 2.17 bits per heavy atom. The smallest absolute Gasteiger partial charge is 0.210 e. The highest BCUT2D eigenvalue weighted by Crippen LogP contribution is 2.09. The van der Waals surface area contributed by atoms with Gasteiger partial charge in [-0.15, -0.1) is 11.3 Å². The van der Waals surface area contributed by atoms with E-state index in [1.165, 1.54) is 0 Å². The molecule has 18 heavy (non-hydrogen) atoms. The van der Waals surface area contributed by atoms with Crippen LogP contribution in [-0.2, 0) is 6.54 Å². The minimum Gasteiger partial charge on any atom is -0.325 e. The Bertz CT molecular complexity index is 520. The zero-order chi connectivity index (χ0) is 12.8. The number of benzene rings is 1.